The van der Waals surface area contributed by atoms with Gasteiger partial charge in [0.15, 0.2) is 0 Å². The molecule has 2 atom stereocenters. The van der Waals surface area contributed by atoms with Crippen LogP contribution in [0.1, 0.15) is 79.8 Å². The van der Waals surface area contributed by atoms with Crippen molar-refractivity contribution < 1.29 is 18.7 Å². The lowest BCUT2D eigenvalue weighted by atomic mass is 9.66. The van der Waals surface area contributed by atoms with Gasteiger partial charge in [0, 0.05) is 12.2 Å². The first-order valence-electron chi connectivity index (χ1n) is 12.2. The third-order valence-corrected chi connectivity index (χ3v) is 8.61. The van der Waals surface area contributed by atoms with Crippen LogP contribution in [-0.2, 0) is 5.41 Å². The average molecular weight is 492 g/mol. The van der Waals surface area contributed by atoms with E-state index in [0.717, 1.165) is 24.1 Å². The maximum Gasteiger partial charge on any atom is 0.271 e. The van der Waals surface area contributed by atoms with Crippen LogP contribution in [0.3, 0.4) is 0 Å². The Labute approximate surface area is 207 Å². The van der Waals surface area contributed by atoms with E-state index in [9.17, 15) is 18.7 Å². The van der Waals surface area contributed by atoms with Crippen molar-refractivity contribution in [2.24, 2.45) is 5.41 Å². The highest BCUT2D eigenvalue weighted by molar-refractivity contribution is 5.92. The van der Waals surface area contributed by atoms with Crippen LogP contribution in [0.2, 0.25) is 0 Å². The lowest BCUT2D eigenvalue weighted by Gasteiger charge is -2.41. The average Bonchev–Trinajstić information content (AvgIpc) is 3.19. The van der Waals surface area contributed by atoms with Gasteiger partial charge in [-0.1, -0.05) is 19.9 Å². The van der Waals surface area contributed by atoms with Crippen LogP contribution in [0.15, 0.2) is 36.7 Å². The Bertz CT molecular complexity index is 1380. The number of aliphatic hydroxyl groups is 1. The number of halogens is 2. The number of amides is 1. The van der Waals surface area contributed by atoms with Crippen molar-refractivity contribution in [1.29, 1.82) is 0 Å². The quantitative estimate of drug-likeness (QED) is 0.571. The second-order valence-corrected chi connectivity index (χ2v) is 11.2. The Morgan fingerprint density at radius 2 is 1.83 bits per heavy atom. The summed E-state index contributed by atoms with van der Waals surface area (Å²) >= 11 is 0. The van der Waals surface area contributed by atoms with Crippen molar-refractivity contribution >= 4 is 5.91 Å². The van der Waals surface area contributed by atoms with Crippen LogP contribution < -0.4 is 5.32 Å². The van der Waals surface area contributed by atoms with Gasteiger partial charge in [-0.2, -0.15) is 5.10 Å². The van der Waals surface area contributed by atoms with Gasteiger partial charge in [-0.3, -0.25) is 9.78 Å². The molecule has 36 heavy (non-hydrogen) atoms. The summed E-state index contributed by atoms with van der Waals surface area (Å²) in [5.74, 6) is -1.60. The molecule has 2 heterocycles. The van der Waals surface area contributed by atoms with Crippen molar-refractivity contribution in [2.75, 3.05) is 0 Å². The van der Waals surface area contributed by atoms with Gasteiger partial charge in [0.05, 0.1) is 39.9 Å². The van der Waals surface area contributed by atoms with Crippen molar-refractivity contribution in [1.82, 2.24) is 25.5 Å². The van der Waals surface area contributed by atoms with Crippen LogP contribution >= 0.6 is 0 Å². The molecule has 2 fully saturated rings. The van der Waals surface area contributed by atoms with Gasteiger partial charge < -0.3 is 10.4 Å². The van der Waals surface area contributed by atoms with Crippen molar-refractivity contribution in [3.8, 4) is 11.3 Å². The highest BCUT2D eigenvalue weighted by Crippen LogP contribution is 2.69. The van der Waals surface area contributed by atoms with Crippen LogP contribution in [0, 0.1) is 17.0 Å². The minimum atomic E-state index is -0.746. The Balaban J connectivity index is 1.39. The maximum atomic E-state index is 14.5. The summed E-state index contributed by atoms with van der Waals surface area (Å²) in [5, 5.41) is 21.7. The molecule has 1 aromatic carbocycles. The summed E-state index contributed by atoms with van der Waals surface area (Å²) < 4.78 is 28.9. The zero-order valence-electron chi connectivity index (χ0n) is 20.3. The first kappa shape index (κ1) is 23.1. The summed E-state index contributed by atoms with van der Waals surface area (Å²) in [4.78, 5) is 22.0. The highest BCUT2D eigenvalue weighted by atomic mass is 19.1. The number of nitrogens with one attached hydrogen (secondary N) is 1. The molecule has 3 aromatic rings. The molecule has 7 nitrogen and oxygen atoms in total. The van der Waals surface area contributed by atoms with Gasteiger partial charge in [-0.25, -0.2) is 13.8 Å². The van der Waals surface area contributed by atoms with Crippen molar-refractivity contribution in [3.63, 3.8) is 0 Å². The van der Waals surface area contributed by atoms with E-state index in [1.807, 2.05) is 0 Å². The largest absolute Gasteiger partial charge is 0.390 e. The fourth-order valence-corrected chi connectivity index (χ4v) is 6.80. The lowest BCUT2D eigenvalue weighted by molar-refractivity contribution is -0.0367. The van der Waals surface area contributed by atoms with E-state index in [0.29, 0.717) is 18.5 Å². The first-order valence-corrected chi connectivity index (χ1v) is 12.2. The van der Waals surface area contributed by atoms with E-state index < -0.39 is 22.7 Å². The van der Waals surface area contributed by atoms with E-state index in [2.05, 4.69) is 34.3 Å². The minimum absolute atomic E-state index is 0.0908. The van der Waals surface area contributed by atoms with Crippen LogP contribution in [0.4, 0.5) is 8.78 Å². The fraction of sp³-hybridized carbons (Fsp3) is 0.444. The summed E-state index contributed by atoms with van der Waals surface area (Å²) in [6.07, 6.45) is 5.72. The zero-order chi connectivity index (χ0) is 25.5. The summed E-state index contributed by atoms with van der Waals surface area (Å²) in [6, 6.07) is 5.40. The van der Waals surface area contributed by atoms with Gasteiger partial charge in [0.25, 0.3) is 5.91 Å². The molecule has 2 N–H and O–H groups in total. The monoisotopic (exact) mass is 491 g/mol. The number of benzene rings is 1. The molecule has 2 bridgehead atoms. The number of fused-ring (bicyclic) bond motifs is 5. The summed E-state index contributed by atoms with van der Waals surface area (Å²) in [7, 11) is 0. The molecule has 6 rings (SSSR count). The number of aromatic nitrogens is 4. The van der Waals surface area contributed by atoms with Crippen molar-refractivity contribution in [2.45, 2.75) is 69.4 Å². The lowest BCUT2D eigenvalue weighted by Crippen LogP contribution is -2.53. The molecule has 3 aliphatic rings. The fourth-order valence-electron chi connectivity index (χ4n) is 6.80. The molecule has 9 heteroatoms. The standard InChI is InChI=1S/C27H27F2N5O2/c1-25(2)16-7-8-27(25,21-13-30-12-20(32-21)24(35)31-14-10-26(3,36)11-14)23-15(16)9-19(33-34-23)22-17(28)5-4-6-18(22)29/h4-6,9,12-14,16,36H,7-8,10-11H2,1-3H3,(H,31,35)/t14-,16-,26-,27-/m0/s1. The van der Waals surface area contributed by atoms with Crippen molar-refractivity contribution in [3.05, 3.63) is 70.9 Å². The number of hydrogen-bond acceptors (Lipinski definition) is 6. The third-order valence-electron chi connectivity index (χ3n) is 8.61. The molecule has 2 aromatic heterocycles. The molecule has 0 aliphatic heterocycles. The van der Waals surface area contributed by atoms with E-state index in [4.69, 9.17) is 4.98 Å². The molecule has 3 aliphatic carbocycles. The smallest absolute Gasteiger partial charge is 0.271 e. The van der Waals surface area contributed by atoms with Crippen LogP contribution in [-0.4, -0.2) is 42.8 Å². The van der Waals surface area contributed by atoms with E-state index in [1.54, 1.807) is 19.2 Å². The third kappa shape index (κ3) is 3.14. The normalized spacial score (nSPS) is 29.5. The van der Waals surface area contributed by atoms with Gasteiger partial charge in [-0.15, -0.1) is 5.10 Å². The van der Waals surface area contributed by atoms with Crippen LogP contribution in [0.5, 0.6) is 0 Å². The highest BCUT2D eigenvalue weighted by Gasteiger charge is 2.65. The SMILES string of the molecule is CC1(C)[C@H]2CC[C@]1(c1cncc(C(=O)N[C@H]3C[C@](C)(O)C3)n1)c1nnc(-c3c(F)cccc3F)cc12. The predicted octanol–water partition coefficient (Wildman–Crippen LogP) is 4.06. The molecule has 0 spiro atoms. The van der Waals surface area contributed by atoms with Gasteiger partial charge in [0.2, 0.25) is 0 Å². The zero-order valence-corrected chi connectivity index (χ0v) is 20.3. The predicted molar refractivity (Wildman–Crippen MR) is 127 cm³/mol. The molecule has 0 radical (unpaired) electrons. The summed E-state index contributed by atoms with van der Waals surface area (Å²) in [5.41, 5.74) is 0.764. The van der Waals surface area contributed by atoms with Gasteiger partial charge >= 0.3 is 0 Å². The Kier molecular flexibility index (Phi) is 4.87. The van der Waals surface area contributed by atoms with Gasteiger partial charge in [-0.05, 0) is 67.7 Å². The maximum absolute atomic E-state index is 14.5. The number of carbonyl (C=O) groups excluding carboxylic acids is 1. The number of hydrogen-bond donors (Lipinski definition) is 2. The molecule has 186 valence electrons. The molecular weight excluding hydrogens is 464 g/mol. The second kappa shape index (κ2) is 7.59. The second-order valence-electron chi connectivity index (χ2n) is 11.2. The minimum Gasteiger partial charge on any atom is -0.390 e. The molecular formula is C27H27F2N5O2. The molecule has 0 unspecified atom stereocenters. The van der Waals surface area contributed by atoms with E-state index in [-0.39, 0.29) is 40.2 Å². The number of rotatable bonds is 4. The Morgan fingerprint density at radius 3 is 2.53 bits per heavy atom. The summed E-state index contributed by atoms with van der Waals surface area (Å²) in [6.45, 7) is 6.03. The molecule has 1 amide bonds. The number of carbonyl (C=O) groups is 1. The Morgan fingerprint density at radius 1 is 1.11 bits per heavy atom. The van der Waals surface area contributed by atoms with Gasteiger partial charge in [0.1, 0.15) is 17.3 Å². The molecule has 2 saturated carbocycles. The number of nitrogens with zero attached hydrogens (tertiary/aromatic N) is 4. The van der Waals surface area contributed by atoms with Crippen LogP contribution in [0.25, 0.3) is 11.3 Å². The van der Waals surface area contributed by atoms with E-state index in [1.165, 1.54) is 24.4 Å². The van der Waals surface area contributed by atoms with E-state index >= 15 is 0 Å². The topological polar surface area (TPSA) is 101 Å². The molecule has 0 saturated heterocycles. The Hall–Kier alpha value is -3.33. The first-order chi connectivity index (χ1) is 17.0.